The van der Waals surface area contributed by atoms with Crippen LogP contribution in [0.2, 0.25) is 5.02 Å². The molecule has 3 aromatic rings. The number of hydrogen-bond acceptors (Lipinski definition) is 5. The highest BCUT2D eigenvalue weighted by molar-refractivity contribution is 6.34. The molecule has 0 fully saturated rings. The number of methoxy groups -OCH3 is 1. The number of ketones is 1. The molecule has 218 valence electrons. The van der Waals surface area contributed by atoms with Crippen LogP contribution in [0.5, 0.6) is 11.5 Å². The minimum Gasteiger partial charge on any atom is -0.493 e. The predicted octanol–water partition coefficient (Wildman–Crippen LogP) is 7.77. The smallest absolute Gasteiger partial charge is 0.416 e. The minimum atomic E-state index is -4.62. The second kappa shape index (κ2) is 12.0. The molecular weight excluding hydrogens is 569 g/mol. The quantitative estimate of drug-likeness (QED) is 0.302. The number of nitrogens with zero attached hydrogens (tertiary/aromatic N) is 1. The van der Waals surface area contributed by atoms with Crippen molar-refractivity contribution in [1.82, 2.24) is 0 Å². The Balaban J connectivity index is 1.52. The zero-order chi connectivity index (χ0) is 30.0. The van der Waals surface area contributed by atoms with Crippen molar-refractivity contribution in [2.45, 2.75) is 44.9 Å². The van der Waals surface area contributed by atoms with Crippen LogP contribution < -0.4 is 14.8 Å². The number of nitrogens with one attached hydrogen (secondary N) is 1. The molecule has 5 rings (SSSR count). The molecular formula is C32H28ClF3N2O4. The molecule has 0 radical (unpaired) electrons. The Labute approximate surface area is 246 Å². The lowest BCUT2D eigenvalue weighted by Crippen LogP contribution is -2.39. The molecule has 0 aromatic heterocycles. The van der Waals surface area contributed by atoms with Gasteiger partial charge in [-0.2, -0.15) is 13.2 Å². The first-order chi connectivity index (χ1) is 20.1. The van der Waals surface area contributed by atoms with Gasteiger partial charge in [-0.15, -0.1) is 0 Å². The third-order valence-corrected chi connectivity index (χ3v) is 7.78. The molecule has 1 N–H and O–H groups in total. The van der Waals surface area contributed by atoms with E-state index in [0.29, 0.717) is 59.9 Å². The Hall–Kier alpha value is -4.11. The van der Waals surface area contributed by atoms with E-state index in [1.54, 1.807) is 25.1 Å². The van der Waals surface area contributed by atoms with Crippen LogP contribution in [-0.2, 0) is 22.4 Å². The number of carbonyl (C=O) groups excluding carboxylic acids is 2. The average Bonchev–Trinajstić information content (AvgIpc) is 2.96. The lowest BCUT2D eigenvalue weighted by molar-refractivity contribution is -0.137. The summed E-state index contributed by atoms with van der Waals surface area (Å²) in [6.07, 6.45) is -3.08. The zero-order valence-corrected chi connectivity index (χ0v) is 23.7. The van der Waals surface area contributed by atoms with Crippen LogP contribution in [0.15, 0.2) is 83.0 Å². The van der Waals surface area contributed by atoms with E-state index in [2.05, 4.69) is 10.3 Å². The molecule has 2 atom stereocenters. The second-order valence-corrected chi connectivity index (χ2v) is 10.6. The van der Waals surface area contributed by atoms with E-state index >= 15 is 0 Å². The SMILES string of the molecule is COc1cc([C@H]2C3=C(CCCC3=O)N=C(C)C2C(=O)Nc2cc(C(F)(F)F)ccc2Cl)ccc1OCc1ccccc1. The summed E-state index contributed by atoms with van der Waals surface area (Å²) in [5, 5.41) is 2.52. The topological polar surface area (TPSA) is 77.0 Å². The van der Waals surface area contributed by atoms with Crippen LogP contribution in [0, 0.1) is 5.92 Å². The number of benzene rings is 3. The molecule has 6 nitrogen and oxygen atoms in total. The molecule has 1 amide bonds. The van der Waals surface area contributed by atoms with Crippen molar-refractivity contribution in [3.8, 4) is 11.5 Å². The van der Waals surface area contributed by atoms with E-state index in [9.17, 15) is 22.8 Å². The molecule has 1 unspecified atom stereocenters. The van der Waals surface area contributed by atoms with Crippen LogP contribution in [0.3, 0.4) is 0 Å². The maximum Gasteiger partial charge on any atom is 0.416 e. The van der Waals surface area contributed by atoms with Gasteiger partial charge in [0.05, 0.1) is 29.3 Å². The molecule has 1 heterocycles. The van der Waals surface area contributed by atoms with E-state index in [1.807, 2.05) is 30.3 Å². The maximum absolute atomic E-state index is 13.8. The summed E-state index contributed by atoms with van der Waals surface area (Å²) in [4.78, 5) is 31.7. The summed E-state index contributed by atoms with van der Waals surface area (Å²) in [5.41, 5.74) is 1.95. The summed E-state index contributed by atoms with van der Waals surface area (Å²) in [6, 6.07) is 17.6. The van der Waals surface area contributed by atoms with Crippen LogP contribution in [-0.4, -0.2) is 24.5 Å². The first-order valence-electron chi connectivity index (χ1n) is 13.4. The highest BCUT2D eigenvalue weighted by atomic mass is 35.5. The van der Waals surface area contributed by atoms with Crippen LogP contribution in [0.1, 0.15) is 48.8 Å². The minimum absolute atomic E-state index is 0.0477. The van der Waals surface area contributed by atoms with Gasteiger partial charge in [-0.1, -0.05) is 48.0 Å². The maximum atomic E-state index is 13.8. The van der Waals surface area contributed by atoms with Gasteiger partial charge >= 0.3 is 6.18 Å². The summed E-state index contributed by atoms with van der Waals surface area (Å²) in [6.45, 7) is 1.99. The highest BCUT2D eigenvalue weighted by Gasteiger charge is 2.43. The van der Waals surface area contributed by atoms with Gasteiger partial charge in [0.1, 0.15) is 6.61 Å². The molecule has 1 aliphatic heterocycles. The van der Waals surface area contributed by atoms with Crippen molar-refractivity contribution in [2.75, 3.05) is 12.4 Å². The molecule has 0 saturated heterocycles. The standard InChI is InChI=1S/C32H28ClF3N2O4/c1-18-28(31(40)38-24-16-21(32(34,35)36)12-13-22(24)33)29(30-23(37-18)9-6-10-25(30)39)20-11-14-26(27(15-20)41-2)42-17-19-7-4-3-5-8-19/h3-5,7-8,11-16,28-29H,6,9-10,17H2,1-2H3,(H,38,40)/t28?,29-/m1/s1. The number of aliphatic imine (C=N–C) groups is 1. The van der Waals surface area contributed by atoms with Gasteiger partial charge in [-0.25, -0.2) is 0 Å². The van der Waals surface area contributed by atoms with E-state index in [4.69, 9.17) is 21.1 Å². The molecule has 3 aromatic carbocycles. The van der Waals surface area contributed by atoms with Crippen molar-refractivity contribution >= 4 is 34.7 Å². The zero-order valence-electron chi connectivity index (χ0n) is 22.9. The number of hydrogen-bond donors (Lipinski definition) is 1. The van der Waals surface area contributed by atoms with Gasteiger partial charge in [-0.3, -0.25) is 14.6 Å². The Kier molecular flexibility index (Phi) is 8.41. The number of alkyl halides is 3. The summed E-state index contributed by atoms with van der Waals surface area (Å²) >= 11 is 6.18. The summed E-state index contributed by atoms with van der Waals surface area (Å²) in [5.74, 6) is -1.59. The van der Waals surface area contributed by atoms with Gasteiger partial charge in [-0.05, 0) is 61.2 Å². The number of carbonyl (C=O) groups is 2. The lowest BCUT2D eigenvalue weighted by Gasteiger charge is -2.35. The molecule has 2 aliphatic rings. The van der Waals surface area contributed by atoms with Gasteiger partial charge in [0.25, 0.3) is 0 Å². The van der Waals surface area contributed by atoms with Crippen molar-refractivity contribution in [2.24, 2.45) is 10.9 Å². The summed E-state index contributed by atoms with van der Waals surface area (Å²) in [7, 11) is 1.50. The number of allylic oxidation sites excluding steroid dienone is 2. The van der Waals surface area contributed by atoms with E-state index < -0.39 is 29.5 Å². The number of Topliss-reactive ketones (excluding diaryl/α,β-unsaturated/α-hetero) is 1. The molecule has 0 spiro atoms. The van der Waals surface area contributed by atoms with Crippen LogP contribution in [0.4, 0.5) is 18.9 Å². The van der Waals surface area contributed by atoms with E-state index in [-0.39, 0.29) is 16.5 Å². The predicted molar refractivity (Wildman–Crippen MR) is 154 cm³/mol. The van der Waals surface area contributed by atoms with E-state index in [0.717, 1.165) is 23.8 Å². The summed E-state index contributed by atoms with van der Waals surface area (Å²) < 4.78 is 51.8. The van der Waals surface area contributed by atoms with Gasteiger partial charge in [0.15, 0.2) is 17.3 Å². The van der Waals surface area contributed by atoms with Crippen molar-refractivity contribution in [1.29, 1.82) is 0 Å². The fourth-order valence-corrected chi connectivity index (χ4v) is 5.61. The number of anilines is 1. The number of ether oxygens (including phenoxy) is 2. The fourth-order valence-electron chi connectivity index (χ4n) is 5.45. The third-order valence-electron chi connectivity index (χ3n) is 7.45. The number of halogens is 4. The lowest BCUT2D eigenvalue weighted by atomic mass is 9.71. The van der Waals surface area contributed by atoms with Crippen molar-refractivity contribution in [3.63, 3.8) is 0 Å². The first-order valence-corrected chi connectivity index (χ1v) is 13.8. The van der Waals surface area contributed by atoms with Crippen molar-refractivity contribution < 1.29 is 32.2 Å². The largest absolute Gasteiger partial charge is 0.493 e. The Morgan fingerprint density at radius 1 is 1.05 bits per heavy atom. The van der Waals surface area contributed by atoms with Crippen LogP contribution >= 0.6 is 11.6 Å². The number of amides is 1. The average molecular weight is 597 g/mol. The van der Waals surface area contributed by atoms with E-state index in [1.165, 1.54) is 7.11 Å². The molecule has 42 heavy (non-hydrogen) atoms. The van der Waals surface area contributed by atoms with Crippen molar-refractivity contribution in [3.05, 3.63) is 99.7 Å². The monoisotopic (exact) mass is 596 g/mol. The Morgan fingerprint density at radius 2 is 1.81 bits per heavy atom. The molecule has 0 saturated carbocycles. The normalized spacial score (nSPS) is 18.7. The molecule has 0 bridgehead atoms. The Bertz CT molecular complexity index is 1580. The van der Waals surface area contributed by atoms with Crippen LogP contribution in [0.25, 0.3) is 0 Å². The second-order valence-electron chi connectivity index (χ2n) is 10.2. The Morgan fingerprint density at radius 3 is 2.52 bits per heavy atom. The highest BCUT2D eigenvalue weighted by Crippen LogP contribution is 2.45. The van der Waals surface area contributed by atoms with Gasteiger partial charge in [0, 0.05) is 29.3 Å². The fraction of sp³-hybridized carbons (Fsp3) is 0.281. The third kappa shape index (κ3) is 6.06. The molecule has 10 heteroatoms. The number of rotatable bonds is 7. The molecule has 1 aliphatic carbocycles. The van der Waals surface area contributed by atoms with Gasteiger partial charge < -0.3 is 14.8 Å². The van der Waals surface area contributed by atoms with Gasteiger partial charge in [0.2, 0.25) is 5.91 Å². The first kappa shape index (κ1) is 29.4.